The van der Waals surface area contributed by atoms with Crippen LogP contribution in [0.3, 0.4) is 0 Å². The predicted molar refractivity (Wildman–Crippen MR) is 83.8 cm³/mol. The summed E-state index contributed by atoms with van der Waals surface area (Å²) in [7, 11) is 0. The zero-order valence-corrected chi connectivity index (χ0v) is 13.6. The Morgan fingerprint density at radius 2 is 2.32 bits per heavy atom. The summed E-state index contributed by atoms with van der Waals surface area (Å²) in [6.07, 6.45) is 3.83. The van der Waals surface area contributed by atoms with Crippen LogP contribution in [0.2, 0.25) is 0 Å². The first kappa shape index (κ1) is 13.4. The van der Waals surface area contributed by atoms with Gasteiger partial charge in [-0.15, -0.1) is 11.6 Å². The van der Waals surface area contributed by atoms with Crippen LogP contribution >= 0.6 is 27.5 Å². The fraction of sp³-hybridized carbons (Fsp3) is 0.533. The number of hydrogen-bond acceptors (Lipinski definition) is 1. The molecule has 1 heterocycles. The molecule has 3 atom stereocenters. The minimum atomic E-state index is -0.0472. The minimum Gasteiger partial charge on any atom is -0.323 e. The molecule has 102 valence electrons. The molecule has 4 heteroatoms. The summed E-state index contributed by atoms with van der Waals surface area (Å²) in [5.74, 6) is 1.82. The van der Waals surface area contributed by atoms with Crippen molar-refractivity contribution in [3.05, 3.63) is 28.5 Å². The number of hydrogen-bond donors (Lipinski definition) is 0. The molecule has 1 aromatic carbocycles. The first-order chi connectivity index (χ1) is 9.11. The molecule has 0 aliphatic heterocycles. The van der Waals surface area contributed by atoms with E-state index in [1.807, 2.05) is 6.92 Å². The van der Waals surface area contributed by atoms with E-state index in [1.165, 1.54) is 24.8 Å². The van der Waals surface area contributed by atoms with Crippen LogP contribution in [-0.2, 0) is 0 Å². The maximum atomic E-state index is 6.32. The summed E-state index contributed by atoms with van der Waals surface area (Å²) >= 11 is 9.83. The van der Waals surface area contributed by atoms with Crippen molar-refractivity contribution in [2.75, 3.05) is 0 Å². The molecule has 1 aliphatic carbocycles. The molecular weight excluding hydrogens is 324 g/mol. The highest BCUT2D eigenvalue weighted by molar-refractivity contribution is 9.10. The summed E-state index contributed by atoms with van der Waals surface area (Å²) in [5, 5.41) is -0.0472. The van der Waals surface area contributed by atoms with Crippen molar-refractivity contribution in [3.63, 3.8) is 0 Å². The Morgan fingerprint density at radius 3 is 3.00 bits per heavy atom. The van der Waals surface area contributed by atoms with Gasteiger partial charge in [-0.2, -0.15) is 0 Å². The van der Waals surface area contributed by atoms with Crippen LogP contribution in [0.5, 0.6) is 0 Å². The van der Waals surface area contributed by atoms with E-state index in [9.17, 15) is 0 Å². The van der Waals surface area contributed by atoms with E-state index in [-0.39, 0.29) is 5.38 Å². The van der Waals surface area contributed by atoms with Crippen LogP contribution in [-0.4, -0.2) is 9.55 Å². The number of halogens is 2. The van der Waals surface area contributed by atoms with Gasteiger partial charge in [0.25, 0.3) is 0 Å². The van der Waals surface area contributed by atoms with Crippen LogP contribution in [0.25, 0.3) is 11.0 Å². The van der Waals surface area contributed by atoms with Gasteiger partial charge in [0.15, 0.2) is 0 Å². The second-order valence-electron chi connectivity index (χ2n) is 5.44. The number of aromatic nitrogens is 2. The van der Waals surface area contributed by atoms with E-state index < -0.39 is 0 Å². The van der Waals surface area contributed by atoms with E-state index in [2.05, 4.69) is 45.6 Å². The SMILES string of the molecule is CCCC1CC1n1c(C(C)Cl)nc2cc(Br)ccc21. The summed E-state index contributed by atoms with van der Waals surface area (Å²) in [4.78, 5) is 4.73. The van der Waals surface area contributed by atoms with Gasteiger partial charge >= 0.3 is 0 Å². The summed E-state index contributed by atoms with van der Waals surface area (Å²) < 4.78 is 3.44. The standard InChI is InChI=1S/C15H18BrClN2/c1-3-4-10-7-14(10)19-13-6-5-11(16)8-12(13)18-15(19)9(2)17/h5-6,8-10,14H,3-4,7H2,1-2H3. The van der Waals surface area contributed by atoms with E-state index in [0.717, 1.165) is 21.7 Å². The zero-order chi connectivity index (χ0) is 13.6. The molecule has 3 unspecified atom stereocenters. The molecule has 0 saturated heterocycles. The maximum Gasteiger partial charge on any atom is 0.127 e. The van der Waals surface area contributed by atoms with Crippen molar-refractivity contribution >= 4 is 38.6 Å². The van der Waals surface area contributed by atoms with Crippen molar-refractivity contribution in [3.8, 4) is 0 Å². The van der Waals surface area contributed by atoms with Crippen LogP contribution < -0.4 is 0 Å². The Hall–Kier alpha value is -0.540. The van der Waals surface area contributed by atoms with E-state index >= 15 is 0 Å². The third-order valence-electron chi connectivity index (χ3n) is 3.91. The molecule has 2 aromatic rings. The summed E-state index contributed by atoms with van der Waals surface area (Å²) in [6, 6.07) is 6.91. The Kier molecular flexibility index (Phi) is 3.61. The highest BCUT2D eigenvalue weighted by atomic mass is 79.9. The van der Waals surface area contributed by atoms with Gasteiger partial charge in [0.1, 0.15) is 5.82 Å². The average Bonchev–Trinajstić information content (AvgIpc) is 3.00. The first-order valence-electron chi connectivity index (χ1n) is 6.93. The maximum absolute atomic E-state index is 6.32. The minimum absolute atomic E-state index is 0.0472. The number of rotatable bonds is 4. The van der Waals surface area contributed by atoms with Crippen molar-refractivity contribution in [2.24, 2.45) is 5.92 Å². The van der Waals surface area contributed by atoms with Gasteiger partial charge in [0.2, 0.25) is 0 Å². The zero-order valence-electron chi connectivity index (χ0n) is 11.2. The van der Waals surface area contributed by atoms with Crippen LogP contribution in [0.1, 0.15) is 50.4 Å². The van der Waals surface area contributed by atoms with E-state index in [0.29, 0.717) is 6.04 Å². The lowest BCUT2D eigenvalue weighted by atomic mass is 10.2. The van der Waals surface area contributed by atoms with Crippen LogP contribution in [0.15, 0.2) is 22.7 Å². The van der Waals surface area contributed by atoms with Gasteiger partial charge in [0, 0.05) is 10.5 Å². The van der Waals surface area contributed by atoms with Crippen molar-refractivity contribution in [1.82, 2.24) is 9.55 Å². The monoisotopic (exact) mass is 340 g/mol. The van der Waals surface area contributed by atoms with Crippen molar-refractivity contribution in [2.45, 2.75) is 44.5 Å². The normalized spacial score (nSPS) is 23.8. The third kappa shape index (κ3) is 2.43. The van der Waals surface area contributed by atoms with E-state index in [1.54, 1.807) is 0 Å². The van der Waals surface area contributed by atoms with Gasteiger partial charge < -0.3 is 4.57 Å². The molecule has 3 rings (SSSR count). The molecule has 0 N–H and O–H groups in total. The van der Waals surface area contributed by atoms with Gasteiger partial charge in [-0.1, -0.05) is 29.3 Å². The van der Waals surface area contributed by atoms with Crippen LogP contribution in [0.4, 0.5) is 0 Å². The van der Waals surface area contributed by atoms with Crippen molar-refractivity contribution < 1.29 is 0 Å². The van der Waals surface area contributed by atoms with Gasteiger partial charge in [-0.05, 0) is 43.9 Å². The second kappa shape index (κ2) is 5.10. The number of benzene rings is 1. The Morgan fingerprint density at radius 1 is 1.53 bits per heavy atom. The highest BCUT2D eigenvalue weighted by Gasteiger charge is 2.40. The van der Waals surface area contributed by atoms with E-state index in [4.69, 9.17) is 16.6 Å². The predicted octanol–water partition coefficient (Wildman–Crippen LogP) is 5.46. The summed E-state index contributed by atoms with van der Waals surface area (Å²) in [5.41, 5.74) is 2.26. The lowest BCUT2D eigenvalue weighted by molar-refractivity contribution is 0.597. The average molecular weight is 342 g/mol. The number of fused-ring (bicyclic) bond motifs is 1. The molecular formula is C15H18BrClN2. The van der Waals surface area contributed by atoms with Crippen molar-refractivity contribution in [1.29, 1.82) is 0 Å². The highest BCUT2D eigenvalue weighted by Crippen LogP contribution is 2.49. The molecule has 1 aromatic heterocycles. The lowest BCUT2D eigenvalue weighted by Crippen LogP contribution is -2.03. The Bertz CT molecular complexity index is 605. The second-order valence-corrected chi connectivity index (χ2v) is 7.01. The van der Waals surface area contributed by atoms with Gasteiger partial charge in [-0.25, -0.2) is 4.98 Å². The number of nitrogens with zero attached hydrogens (tertiary/aromatic N) is 2. The molecule has 0 spiro atoms. The van der Waals surface area contributed by atoms with Gasteiger partial charge in [-0.3, -0.25) is 0 Å². The molecule has 2 nitrogen and oxygen atoms in total. The molecule has 0 amide bonds. The molecule has 0 radical (unpaired) electrons. The Labute approximate surface area is 127 Å². The topological polar surface area (TPSA) is 17.8 Å². The summed E-state index contributed by atoms with van der Waals surface area (Å²) in [6.45, 7) is 4.26. The smallest absolute Gasteiger partial charge is 0.127 e. The lowest BCUT2D eigenvalue weighted by Gasteiger charge is -2.10. The first-order valence-corrected chi connectivity index (χ1v) is 8.16. The molecule has 0 bridgehead atoms. The number of alkyl halides is 1. The third-order valence-corrected chi connectivity index (χ3v) is 4.60. The number of imidazole rings is 1. The quantitative estimate of drug-likeness (QED) is 0.675. The van der Waals surface area contributed by atoms with Crippen LogP contribution in [0, 0.1) is 5.92 Å². The fourth-order valence-electron chi connectivity index (χ4n) is 2.95. The molecule has 1 aliphatic rings. The fourth-order valence-corrected chi connectivity index (χ4v) is 3.45. The largest absolute Gasteiger partial charge is 0.323 e. The molecule has 19 heavy (non-hydrogen) atoms. The molecule has 1 saturated carbocycles. The molecule has 1 fully saturated rings. The Balaban J connectivity index is 2.08. The van der Waals surface area contributed by atoms with Gasteiger partial charge in [0.05, 0.1) is 16.4 Å².